The Morgan fingerprint density at radius 1 is 1.13 bits per heavy atom. The maximum atomic E-state index is 13.4. The van der Waals surface area contributed by atoms with Crippen molar-refractivity contribution in [2.75, 3.05) is 18.8 Å². The van der Waals surface area contributed by atoms with Gasteiger partial charge in [0.1, 0.15) is 0 Å². The maximum absolute atomic E-state index is 13.4. The number of benzene rings is 1. The first-order chi connectivity index (χ1) is 18.0. The Balaban J connectivity index is 1.49. The molecule has 3 aliphatic rings. The van der Waals surface area contributed by atoms with Crippen LogP contribution in [0.5, 0.6) is 0 Å². The van der Waals surface area contributed by atoms with Crippen LogP contribution in [0.1, 0.15) is 84.6 Å². The van der Waals surface area contributed by atoms with E-state index in [2.05, 4.69) is 22.5 Å². The second kappa shape index (κ2) is 12.7. The molecule has 0 bridgehead atoms. The van der Waals surface area contributed by atoms with Crippen molar-refractivity contribution >= 4 is 23.6 Å². The molecule has 2 heterocycles. The molecule has 0 spiro atoms. The Morgan fingerprint density at radius 3 is 2.50 bits per heavy atom. The molecule has 6 nitrogen and oxygen atoms in total. The molecule has 0 radical (unpaired) electrons. The minimum Gasteiger partial charge on any atom is -0.390 e. The highest BCUT2D eigenvalue weighted by atomic mass is 32.2. The summed E-state index contributed by atoms with van der Waals surface area (Å²) < 4.78 is -0.0225. The minimum atomic E-state index is -0.770. The Bertz CT molecular complexity index is 928. The summed E-state index contributed by atoms with van der Waals surface area (Å²) in [5.74, 6) is 2.33. The Morgan fingerprint density at radius 2 is 1.84 bits per heavy atom. The van der Waals surface area contributed by atoms with Crippen molar-refractivity contribution in [3.05, 3.63) is 35.9 Å². The molecule has 2 saturated heterocycles. The van der Waals surface area contributed by atoms with E-state index >= 15 is 0 Å². The number of likely N-dealkylation sites (tertiary alicyclic amines) is 1. The lowest BCUT2D eigenvalue weighted by atomic mass is 9.72. The largest absolute Gasteiger partial charge is 0.390 e. The summed E-state index contributed by atoms with van der Waals surface area (Å²) in [6, 6.07) is 9.42. The number of piperidine rings is 1. The van der Waals surface area contributed by atoms with Crippen molar-refractivity contribution in [2.45, 2.75) is 114 Å². The van der Waals surface area contributed by atoms with E-state index in [4.69, 9.17) is 0 Å². The van der Waals surface area contributed by atoms with Gasteiger partial charge in [0, 0.05) is 29.8 Å². The molecule has 3 fully saturated rings. The van der Waals surface area contributed by atoms with E-state index in [9.17, 15) is 14.7 Å². The van der Waals surface area contributed by atoms with Gasteiger partial charge in [0.2, 0.25) is 11.8 Å². The van der Waals surface area contributed by atoms with Gasteiger partial charge in [-0.25, -0.2) is 0 Å². The molecular formula is C31H49N3O3S. The second-order valence-electron chi connectivity index (χ2n) is 13.3. The number of β-amino-alcohol motifs (C(OH)–C–C–N with tert-alkyl or cyclic N) is 1. The third-order valence-corrected chi connectivity index (χ3v) is 10.2. The van der Waals surface area contributed by atoms with Crippen LogP contribution in [0.15, 0.2) is 30.3 Å². The number of carbonyl (C=O) groups is 2. The summed E-state index contributed by atoms with van der Waals surface area (Å²) in [6.45, 7) is 9.46. The smallest absolute Gasteiger partial charge is 0.237 e. The van der Waals surface area contributed by atoms with Crippen LogP contribution in [-0.2, 0) is 16.0 Å². The number of hydrogen-bond donors (Lipinski definition) is 3. The van der Waals surface area contributed by atoms with E-state index < -0.39 is 12.1 Å². The van der Waals surface area contributed by atoms with Crippen molar-refractivity contribution in [1.82, 2.24) is 15.5 Å². The molecule has 212 valence electrons. The quantitative estimate of drug-likeness (QED) is 0.426. The van der Waals surface area contributed by atoms with Gasteiger partial charge in [0.25, 0.3) is 0 Å². The van der Waals surface area contributed by atoms with Gasteiger partial charge in [-0.3, -0.25) is 14.5 Å². The molecule has 38 heavy (non-hydrogen) atoms. The lowest BCUT2D eigenvalue weighted by molar-refractivity contribution is -0.133. The van der Waals surface area contributed by atoms with Gasteiger partial charge in [0.15, 0.2) is 0 Å². The van der Waals surface area contributed by atoms with Crippen molar-refractivity contribution in [3.63, 3.8) is 0 Å². The standard InChI is InChI=1S/C31H49N3O3S/c1-30(2,3)33-29(37)26-18-23-13-8-9-14-24(23)20-34(26)21-27(35)25(17-22-11-6-5-7-12-22)32-28(36)19-31(4)15-10-16-38-31/h5-7,11-12,23-27,35H,8-10,13-21H2,1-4H3,(H,32,36)(H,33,37). The zero-order valence-electron chi connectivity index (χ0n) is 23.9. The van der Waals surface area contributed by atoms with Crippen LogP contribution in [0, 0.1) is 11.8 Å². The summed E-state index contributed by atoms with van der Waals surface area (Å²) in [7, 11) is 0. The Kier molecular flexibility index (Phi) is 9.86. The summed E-state index contributed by atoms with van der Waals surface area (Å²) in [6.07, 6.45) is 8.22. The van der Waals surface area contributed by atoms with E-state index in [-0.39, 0.29) is 28.1 Å². The lowest BCUT2D eigenvalue weighted by Gasteiger charge is -2.47. The monoisotopic (exact) mass is 543 g/mol. The van der Waals surface area contributed by atoms with Gasteiger partial charge >= 0.3 is 0 Å². The van der Waals surface area contributed by atoms with Gasteiger partial charge in [-0.05, 0) is 83.0 Å². The Labute approximate surface area is 234 Å². The second-order valence-corrected chi connectivity index (χ2v) is 14.9. The van der Waals surface area contributed by atoms with Crippen LogP contribution in [-0.4, -0.2) is 69.1 Å². The summed E-state index contributed by atoms with van der Waals surface area (Å²) >= 11 is 1.88. The number of carbonyl (C=O) groups excluding carboxylic acids is 2. The third kappa shape index (κ3) is 8.22. The van der Waals surface area contributed by atoms with E-state index in [0.29, 0.717) is 31.2 Å². The normalized spacial score (nSPS) is 29.8. The zero-order valence-corrected chi connectivity index (χ0v) is 24.7. The molecule has 6 atom stereocenters. The molecule has 0 aromatic heterocycles. The topological polar surface area (TPSA) is 81.7 Å². The molecule has 4 rings (SSSR count). The summed E-state index contributed by atoms with van der Waals surface area (Å²) in [5, 5.41) is 18.0. The summed E-state index contributed by atoms with van der Waals surface area (Å²) in [4.78, 5) is 28.9. The number of amides is 2. The van der Waals surface area contributed by atoms with Crippen LogP contribution >= 0.6 is 11.8 Å². The highest BCUT2D eigenvalue weighted by Gasteiger charge is 2.42. The van der Waals surface area contributed by atoms with E-state index in [1.54, 1.807) is 0 Å². The minimum absolute atomic E-state index is 0.00916. The lowest BCUT2D eigenvalue weighted by Crippen LogP contribution is -2.60. The molecule has 6 unspecified atom stereocenters. The number of aliphatic hydroxyl groups is 1. The van der Waals surface area contributed by atoms with Crippen molar-refractivity contribution in [3.8, 4) is 0 Å². The van der Waals surface area contributed by atoms with Gasteiger partial charge in [0.05, 0.1) is 18.2 Å². The first-order valence-corrected chi connectivity index (χ1v) is 15.7. The van der Waals surface area contributed by atoms with Gasteiger partial charge in [-0.15, -0.1) is 0 Å². The number of thioether (sulfide) groups is 1. The van der Waals surface area contributed by atoms with Gasteiger partial charge in [-0.1, -0.05) is 49.6 Å². The van der Waals surface area contributed by atoms with Crippen LogP contribution in [0.4, 0.5) is 0 Å². The fourth-order valence-electron chi connectivity index (χ4n) is 6.72. The van der Waals surface area contributed by atoms with Crippen molar-refractivity contribution in [1.29, 1.82) is 0 Å². The molecule has 3 N–H and O–H groups in total. The van der Waals surface area contributed by atoms with E-state index in [1.807, 2.05) is 62.9 Å². The molecule has 2 amide bonds. The Hall–Kier alpha value is -1.57. The van der Waals surface area contributed by atoms with Crippen molar-refractivity contribution < 1.29 is 14.7 Å². The molecule has 1 aromatic rings. The zero-order chi connectivity index (χ0) is 27.3. The van der Waals surface area contributed by atoms with Gasteiger partial charge < -0.3 is 15.7 Å². The first-order valence-electron chi connectivity index (χ1n) is 14.7. The van der Waals surface area contributed by atoms with Crippen LogP contribution in [0.2, 0.25) is 0 Å². The highest BCUT2D eigenvalue weighted by Crippen LogP contribution is 2.41. The van der Waals surface area contributed by atoms with E-state index in [1.165, 1.54) is 25.7 Å². The maximum Gasteiger partial charge on any atom is 0.237 e. The predicted octanol–water partition coefficient (Wildman–Crippen LogP) is 4.55. The highest BCUT2D eigenvalue weighted by molar-refractivity contribution is 8.00. The number of fused-ring (bicyclic) bond motifs is 1. The SMILES string of the molecule is CC(C)(C)NC(=O)C1CC2CCCCC2CN1CC(O)C(Cc1ccccc1)NC(=O)CC1(C)CCCS1. The average Bonchev–Trinajstić information content (AvgIpc) is 3.28. The number of hydrogen-bond acceptors (Lipinski definition) is 5. The molecule has 7 heteroatoms. The van der Waals surface area contributed by atoms with Crippen molar-refractivity contribution in [2.24, 2.45) is 11.8 Å². The fourth-order valence-corrected chi connectivity index (χ4v) is 8.02. The molecule has 1 aliphatic carbocycles. The third-order valence-electron chi connectivity index (χ3n) is 8.67. The average molecular weight is 544 g/mol. The molecule has 2 aliphatic heterocycles. The number of nitrogens with zero attached hydrogens (tertiary/aromatic N) is 1. The number of nitrogens with one attached hydrogen (secondary N) is 2. The first kappa shape index (κ1) is 29.4. The van der Waals surface area contributed by atoms with Crippen LogP contribution in [0.25, 0.3) is 0 Å². The molecule has 1 saturated carbocycles. The number of aliphatic hydroxyl groups excluding tert-OH is 1. The van der Waals surface area contributed by atoms with Crippen LogP contribution in [0.3, 0.4) is 0 Å². The van der Waals surface area contributed by atoms with Crippen LogP contribution < -0.4 is 10.6 Å². The summed E-state index contributed by atoms with van der Waals surface area (Å²) in [5.41, 5.74) is 0.787. The molecule has 1 aromatic carbocycles. The molecular weight excluding hydrogens is 494 g/mol. The number of rotatable bonds is 9. The fraction of sp³-hybridized carbons (Fsp3) is 0.742. The predicted molar refractivity (Wildman–Crippen MR) is 156 cm³/mol. The van der Waals surface area contributed by atoms with E-state index in [0.717, 1.165) is 37.1 Å². The van der Waals surface area contributed by atoms with Gasteiger partial charge in [-0.2, -0.15) is 11.8 Å².